The molecule has 2 aromatic carbocycles. The van der Waals surface area contributed by atoms with E-state index in [4.69, 9.17) is 27.9 Å². The van der Waals surface area contributed by atoms with Crippen molar-refractivity contribution >= 4 is 40.7 Å². The summed E-state index contributed by atoms with van der Waals surface area (Å²) in [6.07, 6.45) is 0. The lowest BCUT2D eigenvalue weighted by molar-refractivity contribution is -0.125. The number of para-hydroxylation sites is 1. The molecule has 0 aliphatic carbocycles. The van der Waals surface area contributed by atoms with Gasteiger partial charge in [-0.3, -0.25) is 9.59 Å². The molecular weight excluding hydrogens is 339 g/mol. The fraction of sp³-hybridized carbons (Fsp3) is 0.125. The van der Waals surface area contributed by atoms with Gasteiger partial charge in [-0.2, -0.15) is 0 Å². The number of anilines is 1. The van der Waals surface area contributed by atoms with E-state index in [1.807, 2.05) is 6.07 Å². The largest absolute Gasteiger partial charge is 0.484 e. The Labute approximate surface area is 143 Å². The van der Waals surface area contributed by atoms with E-state index in [0.29, 0.717) is 21.5 Å². The molecule has 0 saturated carbocycles. The number of ether oxygens (including phenoxy) is 1. The van der Waals surface area contributed by atoms with E-state index in [1.54, 1.807) is 42.5 Å². The summed E-state index contributed by atoms with van der Waals surface area (Å²) in [4.78, 5) is 23.4. The highest BCUT2D eigenvalue weighted by Crippen LogP contribution is 2.22. The predicted octanol–water partition coefficient (Wildman–Crippen LogP) is 3.13. The van der Waals surface area contributed by atoms with Crippen LogP contribution in [0.25, 0.3) is 0 Å². The van der Waals surface area contributed by atoms with Gasteiger partial charge in [0.15, 0.2) is 6.61 Å². The van der Waals surface area contributed by atoms with Crippen molar-refractivity contribution < 1.29 is 14.3 Å². The Morgan fingerprint density at radius 2 is 1.61 bits per heavy atom. The van der Waals surface area contributed by atoms with Crippen LogP contribution in [0.2, 0.25) is 10.0 Å². The lowest BCUT2D eigenvalue weighted by Gasteiger charge is -2.09. The van der Waals surface area contributed by atoms with Gasteiger partial charge in [-0.25, -0.2) is 0 Å². The molecule has 0 aliphatic rings. The van der Waals surface area contributed by atoms with Crippen molar-refractivity contribution in [3.8, 4) is 5.75 Å². The third-order valence-electron chi connectivity index (χ3n) is 2.71. The van der Waals surface area contributed by atoms with Gasteiger partial charge in [0.05, 0.1) is 6.54 Å². The maximum absolute atomic E-state index is 11.8. The third kappa shape index (κ3) is 6.18. The Kier molecular flexibility index (Phi) is 6.26. The van der Waals surface area contributed by atoms with Gasteiger partial charge in [-0.05, 0) is 30.3 Å². The van der Waals surface area contributed by atoms with Crippen LogP contribution in [0.15, 0.2) is 48.5 Å². The van der Waals surface area contributed by atoms with Crippen molar-refractivity contribution in [2.24, 2.45) is 0 Å². The Balaban J connectivity index is 1.74. The molecule has 0 bridgehead atoms. The van der Waals surface area contributed by atoms with E-state index in [-0.39, 0.29) is 13.2 Å². The fourth-order valence-corrected chi connectivity index (χ4v) is 2.25. The number of rotatable bonds is 6. The Bertz CT molecular complexity index is 673. The van der Waals surface area contributed by atoms with Crippen LogP contribution in [0.4, 0.5) is 5.69 Å². The van der Waals surface area contributed by atoms with Crippen LogP contribution in [0.3, 0.4) is 0 Å². The lowest BCUT2D eigenvalue weighted by Crippen LogP contribution is -2.35. The van der Waals surface area contributed by atoms with E-state index < -0.39 is 11.8 Å². The number of carbonyl (C=O) groups excluding carboxylic acids is 2. The van der Waals surface area contributed by atoms with Crippen molar-refractivity contribution in [1.82, 2.24) is 5.32 Å². The maximum atomic E-state index is 11.8. The second kappa shape index (κ2) is 8.41. The van der Waals surface area contributed by atoms with Crippen LogP contribution < -0.4 is 15.4 Å². The molecular formula is C16H14Cl2N2O3. The summed E-state index contributed by atoms with van der Waals surface area (Å²) in [6, 6.07) is 13.6. The molecule has 0 spiro atoms. The number of halogens is 2. The molecule has 0 aliphatic heterocycles. The van der Waals surface area contributed by atoms with Crippen molar-refractivity contribution in [3.05, 3.63) is 58.6 Å². The minimum atomic E-state index is -0.395. The number of carbonyl (C=O) groups is 2. The topological polar surface area (TPSA) is 67.4 Å². The molecule has 7 heteroatoms. The molecule has 0 heterocycles. The van der Waals surface area contributed by atoms with E-state index in [1.165, 1.54) is 0 Å². The fourth-order valence-electron chi connectivity index (χ4n) is 1.73. The molecule has 2 amide bonds. The normalized spacial score (nSPS) is 10.0. The van der Waals surface area contributed by atoms with Gasteiger partial charge in [-0.15, -0.1) is 0 Å². The van der Waals surface area contributed by atoms with Crippen LogP contribution in [-0.2, 0) is 9.59 Å². The van der Waals surface area contributed by atoms with Gasteiger partial charge in [0.1, 0.15) is 5.75 Å². The van der Waals surface area contributed by atoms with Crippen LogP contribution in [-0.4, -0.2) is 25.0 Å². The highest BCUT2D eigenvalue weighted by molar-refractivity contribution is 6.35. The summed E-state index contributed by atoms with van der Waals surface area (Å²) < 4.78 is 5.27. The van der Waals surface area contributed by atoms with Crippen molar-refractivity contribution in [1.29, 1.82) is 0 Å². The first kappa shape index (κ1) is 17.1. The van der Waals surface area contributed by atoms with Gasteiger partial charge >= 0.3 is 0 Å². The van der Waals surface area contributed by atoms with Gasteiger partial charge in [0.2, 0.25) is 5.91 Å². The monoisotopic (exact) mass is 352 g/mol. The molecule has 5 nitrogen and oxygen atoms in total. The Morgan fingerprint density at radius 3 is 2.26 bits per heavy atom. The zero-order valence-electron chi connectivity index (χ0n) is 12.0. The molecule has 0 radical (unpaired) electrons. The molecule has 120 valence electrons. The minimum Gasteiger partial charge on any atom is -0.484 e. The smallest absolute Gasteiger partial charge is 0.258 e. The molecule has 0 saturated heterocycles. The first-order valence-electron chi connectivity index (χ1n) is 6.73. The predicted molar refractivity (Wildman–Crippen MR) is 90.0 cm³/mol. The van der Waals surface area contributed by atoms with Crippen LogP contribution in [0.5, 0.6) is 5.75 Å². The van der Waals surface area contributed by atoms with Crippen LogP contribution >= 0.6 is 23.2 Å². The van der Waals surface area contributed by atoms with Gasteiger partial charge in [-0.1, -0.05) is 41.4 Å². The molecule has 2 N–H and O–H groups in total. The second-order valence-electron chi connectivity index (χ2n) is 4.58. The van der Waals surface area contributed by atoms with Crippen molar-refractivity contribution in [2.45, 2.75) is 0 Å². The summed E-state index contributed by atoms with van der Waals surface area (Å²) in [5.74, 6) is -0.204. The number of hydrogen-bond acceptors (Lipinski definition) is 3. The summed E-state index contributed by atoms with van der Waals surface area (Å²) in [6.45, 7) is -0.346. The summed E-state index contributed by atoms with van der Waals surface area (Å²) >= 11 is 11.7. The SMILES string of the molecule is O=C(COc1ccccc1)NCC(=O)Nc1cc(Cl)cc(Cl)c1. The summed E-state index contributed by atoms with van der Waals surface area (Å²) in [5, 5.41) is 5.87. The summed E-state index contributed by atoms with van der Waals surface area (Å²) in [5.41, 5.74) is 0.460. The number of hydrogen-bond donors (Lipinski definition) is 2. The van der Waals surface area contributed by atoms with Gasteiger partial charge in [0.25, 0.3) is 5.91 Å². The first-order chi connectivity index (χ1) is 11.0. The van der Waals surface area contributed by atoms with E-state index in [0.717, 1.165) is 0 Å². The average Bonchev–Trinajstić information content (AvgIpc) is 2.51. The Hall–Kier alpha value is -2.24. The first-order valence-corrected chi connectivity index (χ1v) is 7.49. The molecule has 2 aromatic rings. The number of nitrogens with one attached hydrogen (secondary N) is 2. The van der Waals surface area contributed by atoms with Crippen molar-refractivity contribution in [3.63, 3.8) is 0 Å². The second-order valence-corrected chi connectivity index (χ2v) is 5.46. The van der Waals surface area contributed by atoms with Crippen LogP contribution in [0.1, 0.15) is 0 Å². The van der Waals surface area contributed by atoms with Gasteiger partial charge in [0, 0.05) is 15.7 Å². The highest BCUT2D eigenvalue weighted by Gasteiger charge is 2.07. The number of amides is 2. The molecule has 0 atom stereocenters. The minimum absolute atomic E-state index is 0.166. The molecule has 2 rings (SSSR count). The van der Waals surface area contributed by atoms with Crippen molar-refractivity contribution in [2.75, 3.05) is 18.5 Å². The van der Waals surface area contributed by atoms with E-state index in [9.17, 15) is 9.59 Å². The Morgan fingerprint density at radius 1 is 0.957 bits per heavy atom. The zero-order chi connectivity index (χ0) is 16.7. The maximum Gasteiger partial charge on any atom is 0.258 e. The standard InChI is InChI=1S/C16H14Cl2N2O3/c17-11-6-12(18)8-13(7-11)20-15(21)9-19-16(22)10-23-14-4-2-1-3-5-14/h1-8H,9-10H2,(H,19,22)(H,20,21). The van der Waals surface area contributed by atoms with E-state index >= 15 is 0 Å². The molecule has 0 unspecified atom stereocenters. The zero-order valence-corrected chi connectivity index (χ0v) is 13.5. The highest BCUT2D eigenvalue weighted by atomic mass is 35.5. The summed E-state index contributed by atoms with van der Waals surface area (Å²) in [7, 11) is 0. The molecule has 23 heavy (non-hydrogen) atoms. The third-order valence-corrected chi connectivity index (χ3v) is 3.14. The molecule has 0 aromatic heterocycles. The quantitative estimate of drug-likeness (QED) is 0.839. The molecule has 0 fully saturated rings. The van der Waals surface area contributed by atoms with Gasteiger partial charge < -0.3 is 15.4 Å². The number of benzene rings is 2. The average molecular weight is 353 g/mol. The van der Waals surface area contributed by atoms with Crippen LogP contribution in [0, 0.1) is 0 Å². The van der Waals surface area contributed by atoms with E-state index in [2.05, 4.69) is 10.6 Å². The lowest BCUT2D eigenvalue weighted by atomic mass is 10.3.